The van der Waals surface area contributed by atoms with Crippen LogP contribution in [0.1, 0.15) is 32.6 Å². The van der Waals surface area contributed by atoms with Gasteiger partial charge in [-0.2, -0.15) is 4.31 Å². The van der Waals surface area contributed by atoms with E-state index in [2.05, 4.69) is 29.0 Å². The highest BCUT2D eigenvalue weighted by molar-refractivity contribution is 7.89. The molecule has 7 nitrogen and oxygen atoms in total. The number of amides is 1. The quantitative estimate of drug-likeness (QED) is 0.478. The van der Waals surface area contributed by atoms with Crippen LogP contribution in [0.2, 0.25) is 5.02 Å². The van der Waals surface area contributed by atoms with Gasteiger partial charge in [0.15, 0.2) is 0 Å². The number of piperazine rings is 1. The van der Waals surface area contributed by atoms with Crippen molar-refractivity contribution in [3.8, 4) is 11.8 Å². The number of carbonyl (C=O) groups is 1. The Balaban J connectivity index is 1.95. The molecule has 1 aliphatic rings. The van der Waals surface area contributed by atoms with Gasteiger partial charge >= 0.3 is 6.09 Å². The molecule has 0 spiro atoms. The zero-order valence-electron chi connectivity index (χ0n) is 16.6. The van der Waals surface area contributed by atoms with E-state index in [-0.39, 0.29) is 5.75 Å². The predicted molar refractivity (Wildman–Crippen MR) is 116 cm³/mol. The van der Waals surface area contributed by atoms with Crippen LogP contribution in [0.3, 0.4) is 0 Å². The van der Waals surface area contributed by atoms with Crippen LogP contribution in [-0.2, 0) is 10.0 Å². The fourth-order valence-electron chi connectivity index (χ4n) is 3.12. The highest BCUT2D eigenvalue weighted by Crippen LogP contribution is 2.20. The Bertz CT molecular complexity index is 826. The van der Waals surface area contributed by atoms with E-state index in [1.54, 1.807) is 12.1 Å². The highest BCUT2D eigenvalue weighted by Gasteiger charge is 2.29. The largest absolute Gasteiger partial charge is 0.465 e. The lowest BCUT2D eigenvalue weighted by molar-refractivity contribution is 0.193. The molecule has 29 heavy (non-hydrogen) atoms. The number of rotatable bonds is 8. The first-order valence-electron chi connectivity index (χ1n) is 9.78. The van der Waals surface area contributed by atoms with Gasteiger partial charge in [0.2, 0.25) is 10.0 Å². The summed E-state index contributed by atoms with van der Waals surface area (Å²) in [7, 11) is -3.63. The molecular formula is C20H28ClN3O4S. The van der Waals surface area contributed by atoms with Gasteiger partial charge in [0.1, 0.15) is 6.04 Å². The molecule has 2 N–H and O–H groups in total. The van der Waals surface area contributed by atoms with Gasteiger partial charge in [-0.25, -0.2) is 13.2 Å². The molecule has 0 saturated carbocycles. The first kappa shape index (κ1) is 23.3. The summed E-state index contributed by atoms with van der Waals surface area (Å²) in [6.07, 6.45) is 2.38. The molecule has 0 aromatic heterocycles. The molecule has 1 atom stereocenters. The standard InChI is InChI=1S/C20H28ClN3O4S/c1-2-3-4-5-6-7-18(22-20(25)26)16-29(27,28)24-14-12-23(13-15-24)19-10-8-17(21)9-11-19/h8-11,18,22H,2-5,12-16H2,1H3,(H,25,26). The van der Waals surface area contributed by atoms with Crippen molar-refractivity contribution in [3.63, 3.8) is 0 Å². The van der Waals surface area contributed by atoms with E-state index in [1.807, 2.05) is 12.1 Å². The maximum absolute atomic E-state index is 12.8. The number of hydrogen-bond acceptors (Lipinski definition) is 4. The summed E-state index contributed by atoms with van der Waals surface area (Å²) < 4.78 is 27.0. The Hall–Kier alpha value is -1.95. The maximum Gasteiger partial charge on any atom is 0.405 e. The number of carboxylic acid groups (broad SMARTS) is 1. The zero-order valence-corrected chi connectivity index (χ0v) is 18.2. The fraction of sp³-hybridized carbons (Fsp3) is 0.550. The van der Waals surface area contributed by atoms with Crippen molar-refractivity contribution in [1.29, 1.82) is 0 Å². The van der Waals surface area contributed by atoms with Crippen LogP contribution >= 0.6 is 11.6 Å². The summed E-state index contributed by atoms with van der Waals surface area (Å²) in [6.45, 7) is 3.88. The lowest BCUT2D eigenvalue weighted by Gasteiger charge is -2.35. The number of anilines is 1. The molecule has 1 aromatic carbocycles. The van der Waals surface area contributed by atoms with E-state index in [1.165, 1.54) is 4.31 Å². The summed E-state index contributed by atoms with van der Waals surface area (Å²) in [5, 5.41) is 11.9. The van der Waals surface area contributed by atoms with E-state index < -0.39 is 22.2 Å². The fourth-order valence-corrected chi connectivity index (χ4v) is 4.76. The number of nitrogens with zero attached hydrogens (tertiary/aromatic N) is 2. The average molecular weight is 442 g/mol. The van der Waals surface area contributed by atoms with Crippen molar-refractivity contribution >= 4 is 33.4 Å². The molecule has 1 unspecified atom stereocenters. The van der Waals surface area contributed by atoms with E-state index in [9.17, 15) is 13.2 Å². The lowest BCUT2D eigenvalue weighted by Crippen LogP contribution is -2.51. The summed E-state index contributed by atoms with van der Waals surface area (Å²) in [4.78, 5) is 13.1. The van der Waals surface area contributed by atoms with Gasteiger partial charge in [-0.05, 0) is 30.7 Å². The second kappa shape index (κ2) is 11.3. The van der Waals surface area contributed by atoms with Crippen LogP contribution in [-0.4, -0.2) is 61.9 Å². The molecule has 1 saturated heterocycles. The van der Waals surface area contributed by atoms with Crippen LogP contribution in [0.25, 0.3) is 0 Å². The first-order chi connectivity index (χ1) is 13.8. The van der Waals surface area contributed by atoms with Crippen molar-refractivity contribution < 1.29 is 18.3 Å². The molecule has 0 bridgehead atoms. The maximum atomic E-state index is 12.8. The first-order valence-corrected chi connectivity index (χ1v) is 11.8. The van der Waals surface area contributed by atoms with Gasteiger partial charge in [-0.15, -0.1) is 5.92 Å². The normalized spacial score (nSPS) is 16.0. The minimum absolute atomic E-state index is 0.342. The third-order valence-electron chi connectivity index (χ3n) is 4.68. The van der Waals surface area contributed by atoms with Gasteiger partial charge in [-0.3, -0.25) is 0 Å². The average Bonchev–Trinajstić information content (AvgIpc) is 2.68. The highest BCUT2D eigenvalue weighted by atomic mass is 35.5. The molecule has 0 radical (unpaired) electrons. The second-order valence-corrected chi connectivity index (χ2v) is 9.37. The Morgan fingerprint density at radius 1 is 1.21 bits per heavy atom. The van der Waals surface area contributed by atoms with Crippen molar-refractivity contribution in [2.45, 2.75) is 38.6 Å². The number of hydrogen-bond donors (Lipinski definition) is 2. The Labute approximate surface area is 178 Å². The summed E-state index contributed by atoms with van der Waals surface area (Å²) in [6, 6.07) is 6.50. The molecule has 160 valence electrons. The molecule has 1 aromatic rings. The zero-order chi connectivity index (χ0) is 21.3. The molecule has 1 aliphatic heterocycles. The Kier molecular flexibility index (Phi) is 9.08. The number of halogens is 1. The third-order valence-corrected chi connectivity index (χ3v) is 6.84. The summed E-state index contributed by atoms with van der Waals surface area (Å²) in [5.41, 5.74) is 0.995. The number of nitrogens with one attached hydrogen (secondary N) is 1. The Morgan fingerprint density at radius 3 is 2.45 bits per heavy atom. The third kappa shape index (κ3) is 7.77. The van der Waals surface area contributed by atoms with Gasteiger partial charge in [-0.1, -0.05) is 37.3 Å². The molecule has 9 heteroatoms. The van der Waals surface area contributed by atoms with E-state index in [0.717, 1.165) is 24.9 Å². The van der Waals surface area contributed by atoms with Crippen LogP contribution in [0.5, 0.6) is 0 Å². The van der Waals surface area contributed by atoms with Gasteiger partial charge in [0, 0.05) is 43.3 Å². The van der Waals surface area contributed by atoms with Gasteiger partial charge < -0.3 is 15.3 Å². The Morgan fingerprint density at radius 2 is 1.86 bits per heavy atom. The SMILES string of the molecule is CCCCCC#CC(CS(=O)(=O)N1CCN(c2ccc(Cl)cc2)CC1)NC(=O)O. The smallest absolute Gasteiger partial charge is 0.405 e. The topological polar surface area (TPSA) is 90.0 Å². The minimum atomic E-state index is -3.63. The summed E-state index contributed by atoms with van der Waals surface area (Å²) in [5.74, 6) is 5.32. The van der Waals surface area contributed by atoms with Gasteiger partial charge in [0.05, 0.1) is 5.75 Å². The molecule has 1 fully saturated rings. The van der Waals surface area contributed by atoms with Crippen LogP contribution in [0.4, 0.5) is 10.5 Å². The molecule has 1 heterocycles. The predicted octanol–water partition coefficient (Wildman–Crippen LogP) is 3.01. The summed E-state index contributed by atoms with van der Waals surface area (Å²) >= 11 is 5.91. The lowest BCUT2D eigenvalue weighted by atomic mass is 10.2. The number of benzene rings is 1. The molecule has 1 amide bonds. The second-order valence-electron chi connectivity index (χ2n) is 6.92. The molecule has 2 rings (SSSR count). The molecular weight excluding hydrogens is 414 g/mol. The van der Waals surface area contributed by atoms with Crippen molar-refractivity contribution in [3.05, 3.63) is 29.3 Å². The van der Waals surface area contributed by atoms with Gasteiger partial charge in [0.25, 0.3) is 0 Å². The van der Waals surface area contributed by atoms with Crippen molar-refractivity contribution in [2.75, 3.05) is 36.8 Å². The number of sulfonamides is 1. The monoisotopic (exact) mass is 441 g/mol. The van der Waals surface area contributed by atoms with Crippen molar-refractivity contribution in [1.82, 2.24) is 9.62 Å². The van der Waals surface area contributed by atoms with Crippen molar-refractivity contribution in [2.24, 2.45) is 0 Å². The number of unbranched alkanes of at least 4 members (excludes halogenated alkanes) is 3. The van der Waals surface area contributed by atoms with E-state index in [4.69, 9.17) is 16.7 Å². The van der Waals surface area contributed by atoms with Crippen LogP contribution in [0.15, 0.2) is 24.3 Å². The molecule has 0 aliphatic carbocycles. The van der Waals surface area contributed by atoms with Crippen LogP contribution < -0.4 is 10.2 Å². The van der Waals surface area contributed by atoms with Crippen LogP contribution in [0, 0.1) is 11.8 Å². The minimum Gasteiger partial charge on any atom is -0.465 e. The van der Waals surface area contributed by atoms with E-state index >= 15 is 0 Å². The van der Waals surface area contributed by atoms with E-state index in [0.29, 0.717) is 37.6 Å².